The van der Waals surface area contributed by atoms with Crippen LogP contribution in [0.2, 0.25) is 19.6 Å². The zero-order valence-electron chi connectivity index (χ0n) is 19.5. The van der Waals surface area contributed by atoms with Gasteiger partial charge in [0.1, 0.15) is 6.10 Å². The van der Waals surface area contributed by atoms with E-state index in [1.807, 2.05) is 19.6 Å². The Morgan fingerprint density at radius 2 is 1.90 bits per heavy atom. The molecular weight excluding hydrogens is 384 g/mol. The molecule has 6 atom stereocenters. The highest BCUT2D eigenvalue weighted by molar-refractivity contribution is 6.70. The van der Waals surface area contributed by atoms with Gasteiger partial charge in [-0.15, -0.1) is 0 Å². The zero-order valence-corrected chi connectivity index (χ0v) is 20.5. The van der Waals surface area contributed by atoms with Crippen molar-refractivity contribution in [1.29, 1.82) is 0 Å². The Morgan fingerprint density at radius 3 is 2.45 bits per heavy atom. The van der Waals surface area contributed by atoms with Gasteiger partial charge in [0.15, 0.2) is 13.9 Å². The summed E-state index contributed by atoms with van der Waals surface area (Å²) in [4.78, 5) is 23.4. The first-order valence-electron chi connectivity index (χ1n) is 11.4. The molecule has 2 aliphatic rings. The Hall–Kier alpha value is -0.883. The van der Waals surface area contributed by atoms with E-state index in [0.717, 1.165) is 32.1 Å². The smallest absolute Gasteiger partial charge is 0.334 e. The number of fused-ring (bicyclic) bond motifs is 1. The summed E-state index contributed by atoms with van der Waals surface area (Å²) in [7, 11) is -1.94. The molecule has 6 heteroatoms. The summed E-state index contributed by atoms with van der Waals surface area (Å²) in [5.41, 5.74) is -0.861. The molecule has 0 aliphatic heterocycles. The van der Waals surface area contributed by atoms with Gasteiger partial charge in [-0.05, 0) is 88.8 Å². The summed E-state index contributed by atoms with van der Waals surface area (Å²) in [6, 6.07) is 0. The van der Waals surface area contributed by atoms with Crippen molar-refractivity contribution in [3.8, 4) is 0 Å². The molecule has 0 bridgehead atoms. The van der Waals surface area contributed by atoms with Crippen LogP contribution in [0.4, 0.5) is 0 Å². The SMILES string of the molecule is CC(=O)OC1CCC[C@@]2(C)C1CC[C@@H]2[C@H](C)CCC[C@@](C)(O[Si](C)(C)C)C(=O)O. The van der Waals surface area contributed by atoms with E-state index < -0.39 is 19.9 Å². The van der Waals surface area contributed by atoms with Crippen LogP contribution >= 0.6 is 0 Å². The Bertz CT molecular complexity index is 601. The number of aliphatic carboxylic acids is 1. The van der Waals surface area contributed by atoms with Crippen LogP contribution in [0.5, 0.6) is 0 Å². The molecule has 2 unspecified atom stereocenters. The van der Waals surface area contributed by atoms with E-state index >= 15 is 0 Å². The van der Waals surface area contributed by atoms with E-state index in [4.69, 9.17) is 9.16 Å². The number of carboxylic acids is 1. The quantitative estimate of drug-likeness (QED) is 0.382. The minimum absolute atomic E-state index is 0.0731. The fraction of sp³-hybridized carbons (Fsp3) is 0.913. The van der Waals surface area contributed by atoms with Gasteiger partial charge in [0.2, 0.25) is 0 Å². The fourth-order valence-electron chi connectivity index (χ4n) is 6.29. The Labute approximate surface area is 178 Å². The van der Waals surface area contributed by atoms with Gasteiger partial charge in [-0.1, -0.05) is 20.3 Å². The minimum Gasteiger partial charge on any atom is -0.479 e. The van der Waals surface area contributed by atoms with Gasteiger partial charge in [-0.2, -0.15) is 0 Å². The average Bonchev–Trinajstić information content (AvgIpc) is 2.90. The molecule has 0 radical (unpaired) electrons. The molecule has 0 amide bonds. The van der Waals surface area contributed by atoms with Crippen molar-refractivity contribution in [3.05, 3.63) is 0 Å². The maximum atomic E-state index is 11.8. The fourth-order valence-corrected chi connectivity index (χ4v) is 7.83. The van der Waals surface area contributed by atoms with Crippen LogP contribution in [-0.4, -0.2) is 37.1 Å². The highest BCUT2D eigenvalue weighted by Gasteiger charge is 2.53. The highest BCUT2D eigenvalue weighted by atomic mass is 28.4. The number of ether oxygens (including phenoxy) is 1. The molecule has 2 aliphatic carbocycles. The molecule has 29 heavy (non-hydrogen) atoms. The van der Waals surface area contributed by atoms with Crippen LogP contribution in [0.25, 0.3) is 0 Å². The first-order chi connectivity index (χ1) is 13.3. The molecule has 2 saturated carbocycles. The number of rotatable bonds is 9. The van der Waals surface area contributed by atoms with Gasteiger partial charge in [0, 0.05) is 12.8 Å². The molecule has 0 spiro atoms. The van der Waals surface area contributed by atoms with E-state index in [1.165, 1.54) is 19.8 Å². The van der Waals surface area contributed by atoms with E-state index in [-0.39, 0.29) is 17.5 Å². The molecule has 0 aromatic heterocycles. The van der Waals surface area contributed by atoms with Crippen molar-refractivity contribution < 1.29 is 23.9 Å². The third kappa shape index (κ3) is 5.84. The Balaban J connectivity index is 1.98. The lowest BCUT2D eigenvalue weighted by Gasteiger charge is -2.46. The van der Waals surface area contributed by atoms with E-state index in [1.54, 1.807) is 6.92 Å². The predicted molar refractivity (Wildman–Crippen MR) is 117 cm³/mol. The standard InChI is InChI=1S/C23H42O5Si/c1-16(10-8-15-23(4,21(25)26)28-29(5,6)7)18-12-13-19-20(27-17(2)24)11-9-14-22(18,19)3/h16,18-20H,8-15H2,1-7H3,(H,25,26)/t16-,18-,19?,20?,22-,23-/m1/s1. The molecule has 5 nitrogen and oxygen atoms in total. The number of carbonyl (C=O) groups excluding carboxylic acids is 1. The Morgan fingerprint density at radius 1 is 1.24 bits per heavy atom. The number of hydrogen-bond acceptors (Lipinski definition) is 4. The second kappa shape index (κ2) is 9.09. The molecule has 0 aromatic rings. The van der Waals surface area contributed by atoms with Crippen LogP contribution in [-0.2, 0) is 18.8 Å². The maximum absolute atomic E-state index is 11.8. The van der Waals surface area contributed by atoms with E-state index in [2.05, 4.69) is 13.8 Å². The van der Waals surface area contributed by atoms with Crippen LogP contribution < -0.4 is 0 Å². The number of carbonyl (C=O) groups is 2. The second-order valence-electron chi connectivity index (χ2n) is 11.0. The summed E-state index contributed by atoms with van der Waals surface area (Å²) in [6.45, 7) is 14.1. The first kappa shape index (κ1) is 24.4. The van der Waals surface area contributed by atoms with E-state index in [9.17, 15) is 14.7 Å². The van der Waals surface area contributed by atoms with Crippen molar-refractivity contribution >= 4 is 20.3 Å². The number of esters is 1. The number of carboxylic acid groups (broad SMARTS) is 1. The van der Waals surface area contributed by atoms with Gasteiger partial charge in [-0.3, -0.25) is 4.79 Å². The number of hydrogen-bond donors (Lipinski definition) is 1. The minimum atomic E-state index is -1.94. The molecule has 0 saturated heterocycles. The molecule has 1 N–H and O–H groups in total. The topological polar surface area (TPSA) is 72.8 Å². The molecule has 168 valence electrons. The highest BCUT2D eigenvalue weighted by Crippen LogP contribution is 2.58. The predicted octanol–water partition coefficient (Wildman–Crippen LogP) is 5.64. The third-order valence-corrected chi connectivity index (χ3v) is 8.50. The summed E-state index contributed by atoms with van der Waals surface area (Å²) < 4.78 is 11.7. The summed E-state index contributed by atoms with van der Waals surface area (Å²) >= 11 is 0. The lowest BCUT2D eigenvalue weighted by Crippen LogP contribution is -2.46. The lowest BCUT2D eigenvalue weighted by atomic mass is 9.61. The third-order valence-electron chi connectivity index (χ3n) is 7.44. The van der Waals surface area contributed by atoms with E-state index in [0.29, 0.717) is 24.2 Å². The van der Waals surface area contributed by atoms with Crippen molar-refractivity contribution in [3.63, 3.8) is 0 Å². The molecule has 0 aromatic carbocycles. The van der Waals surface area contributed by atoms with Crippen molar-refractivity contribution in [1.82, 2.24) is 0 Å². The maximum Gasteiger partial charge on any atom is 0.334 e. The van der Waals surface area contributed by atoms with Crippen LogP contribution in [0, 0.1) is 23.2 Å². The van der Waals surface area contributed by atoms with Crippen LogP contribution in [0.3, 0.4) is 0 Å². The van der Waals surface area contributed by atoms with Gasteiger partial charge in [0.05, 0.1) is 0 Å². The largest absolute Gasteiger partial charge is 0.479 e. The molecule has 2 fully saturated rings. The summed E-state index contributed by atoms with van der Waals surface area (Å²) in [5.74, 6) is 0.598. The summed E-state index contributed by atoms with van der Waals surface area (Å²) in [6.07, 6.45) is 8.14. The molecule has 0 heterocycles. The first-order valence-corrected chi connectivity index (χ1v) is 14.8. The lowest BCUT2D eigenvalue weighted by molar-refractivity contribution is -0.156. The van der Waals surface area contributed by atoms with Crippen molar-refractivity contribution in [2.45, 2.75) is 110 Å². The van der Waals surface area contributed by atoms with Crippen LogP contribution in [0.1, 0.15) is 79.1 Å². The van der Waals surface area contributed by atoms with Gasteiger partial charge >= 0.3 is 11.9 Å². The van der Waals surface area contributed by atoms with Gasteiger partial charge in [-0.25, -0.2) is 4.79 Å². The second-order valence-corrected chi connectivity index (χ2v) is 15.4. The van der Waals surface area contributed by atoms with Gasteiger partial charge in [0.25, 0.3) is 0 Å². The molecular formula is C23H42O5Si. The van der Waals surface area contributed by atoms with Crippen molar-refractivity contribution in [2.75, 3.05) is 0 Å². The summed E-state index contributed by atoms with van der Waals surface area (Å²) in [5, 5.41) is 9.72. The molecule has 2 rings (SSSR count). The normalized spacial score (nSPS) is 32.9. The average molecular weight is 427 g/mol. The Kier molecular flexibility index (Phi) is 7.64. The monoisotopic (exact) mass is 426 g/mol. The van der Waals surface area contributed by atoms with Crippen LogP contribution in [0.15, 0.2) is 0 Å². The zero-order chi connectivity index (χ0) is 22.0. The van der Waals surface area contributed by atoms with Crippen molar-refractivity contribution in [2.24, 2.45) is 23.2 Å². The van der Waals surface area contributed by atoms with Gasteiger partial charge < -0.3 is 14.3 Å².